The molecule has 1 amide bonds. The normalized spacial score (nSPS) is 10.9. The highest BCUT2D eigenvalue weighted by Gasteiger charge is 2.20. The molecule has 1 aromatic rings. The van der Waals surface area contributed by atoms with Gasteiger partial charge in [0.25, 0.3) is 0 Å². The Balaban J connectivity index is 2.68. The van der Waals surface area contributed by atoms with Gasteiger partial charge in [0, 0.05) is 13.6 Å². The summed E-state index contributed by atoms with van der Waals surface area (Å²) in [4.78, 5) is 13.4. The molecule has 1 rings (SSSR count). The summed E-state index contributed by atoms with van der Waals surface area (Å²) in [5.41, 5.74) is 1.29. The van der Waals surface area contributed by atoms with E-state index in [4.69, 9.17) is 9.47 Å². The lowest BCUT2D eigenvalue weighted by Gasteiger charge is -2.25. The van der Waals surface area contributed by atoms with Gasteiger partial charge in [0.1, 0.15) is 11.4 Å². The predicted octanol–water partition coefficient (Wildman–Crippen LogP) is 3.97. The van der Waals surface area contributed by atoms with Crippen molar-refractivity contribution in [2.45, 2.75) is 33.3 Å². The minimum absolute atomic E-state index is 0.357. The van der Waals surface area contributed by atoms with E-state index >= 15 is 0 Å². The van der Waals surface area contributed by atoms with Gasteiger partial charge in [-0.15, -0.1) is 0 Å². The van der Waals surface area contributed by atoms with Gasteiger partial charge in [0.15, 0.2) is 0 Å². The maximum absolute atomic E-state index is 11.9. The molecule has 0 saturated heterocycles. The fraction of sp³-hybridized carbons (Fsp3) is 0.471. The molecular weight excluding hydrogens is 266 g/mol. The summed E-state index contributed by atoms with van der Waals surface area (Å²) in [5.74, 6) is 0.802. The summed E-state index contributed by atoms with van der Waals surface area (Å²) < 4.78 is 10.8. The Labute approximate surface area is 127 Å². The summed E-state index contributed by atoms with van der Waals surface area (Å²) in [7, 11) is 1.70. The minimum Gasteiger partial charge on any atom is -0.494 e. The molecule has 0 spiro atoms. The number of nitrogens with zero attached hydrogens (tertiary/aromatic N) is 1. The van der Waals surface area contributed by atoms with E-state index in [1.54, 1.807) is 7.05 Å². The van der Waals surface area contributed by atoms with Crippen molar-refractivity contribution in [1.82, 2.24) is 4.90 Å². The molecule has 0 aromatic heterocycles. The van der Waals surface area contributed by atoms with E-state index in [1.165, 1.54) is 4.90 Å². The number of carbonyl (C=O) groups excluding carboxylic acids is 1. The zero-order chi connectivity index (χ0) is 16.0. The zero-order valence-corrected chi connectivity index (χ0v) is 13.6. The average molecular weight is 291 g/mol. The first kappa shape index (κ1) is 17.1. The van der Waals surface area contributed by atoms with Crippen LogP contribution in [0, 0.1) is 0 Å². The molecular formula is C17H25NO3. The molecule has 0 bridgehead atoms. The first-order chi connectivity index (χ1) is 9.73. The van der Waals surface area contributed by atoms with Crippen LogP contribution in [0.4, 0.5) is 4.79 Å². The van der Waals surface area contributed by atoms with E-state index in [-0.39, 0.29) is 6.09 Å². The monoisotopic (exact) mass is 291 g/mol. The SMILES string of the molecule is C=C(CN(C)C(=O)OC(C)(C)C)c1cccc(OCC)c1. The summed E-state index contributed by atoms with van der Waals surface area (Å²) in [6, 6.07) is 7.69. The molecule has 0 atom stereocenters. The molecule has 0 saturated carbocycles. The van der Waals surface area contributed by atoms with Crippen molar-refractivity contribution in [1.29, 1.82) is 0 Å². The third-order valence-corrected chi connectivity index (χ3v) is 2.69. The van der Waals surface area contributed by atoms with Crippen molar-refractivity contribution in [3.8, 4) is 5.75 Å². The van der Waals surface area contributed by atoms with E-state index in [2.05, 4.69) is 6.58 Å². The highest BCUT2D eigenvalue weighted by Crippen LogP contribution is 2.20. The molecule has 4 nitrogen and oxygen atoms in total. The molecule has 21 heavy (non-hydrogen) atoms. The van der Waals surface area contributed by atoms with Gasteiger partial charge >= 0.3 is 6.09 Å². The van der Waals surface area contributed by atoms with Gasteiger partial charge < -0.3 is 14.4 Å². The Kier molecular flexibility index (Phi) is 5.82. The molecule has 0 aliphatic carbocycles. The Bertz CT molecular complexity index is 503. The number of amides is 1. The number of carbonyl (C=O) groups is 1. The van der Waals surface area contributed by atoms with Gasteiger partial charge in [-0.3, -0.25) is 0 Å². The predicted molar refractivity (Wildman–Crippen MR) is 85.5 cm³/mol. The van der Waals surface area contributed by atoms with Crippen LogP contribution in [0.15, 0.2) is 30.8 Å². The van der Waals surface area contributed by atoms with Crippen LogP contribution in [0.3, 0.4) is 0 Å². The van der Waals surface area contributed by atoms with Crippen molar-refractivity contribution in [2.75, 3.05) is 20.2 Å². The highest BCUT2D eigenvalue weighted by molar-refractivity contribution is 5.73. The molecule has 0 radical (unpaired) electrons. The van der Waals surface area contributed by atoms with Crippen LogP contribution in [0.25, 0.3) is 5.57 Å². The first-order valence-electron chi connectivity index (χ1n) is 7.08. The second-order valence-corrected chi connectivity index (χ2v) is 5.90. The average Bonchev–Trinajstić information content (AvgIpc) is 2.37. The Morgan fingerprint density at radius 3 is 2.57 bits per heavy atom. The zero-order valence-electron chi connectivity index (χ0n) is 13.6. The maximum atomic E-state index is 11.9. The van der Waals surface area contributed by atoms with Gasteiger partial charge in [-0.1, -0.05) is 18.7 Å². The van der Waals surface area contributed by atoms with Crippen LogP contribution in [0.1, 0.15) is 33.3 Å². The number of rotatable bonds is 5. The third-order valence-electron chi connectivity index (χ3n) is 2.69. The Morgan fingerprint density at radius 2 is 2.00 bits per heavy atom. The summed E-state index contributed by atoms with van der Waals surface area (Å²) in [5, 5.41) is 0. The van der Waals surface area contributed by atoms with Crippen molar-refractivity contribution in [3.63, 3.8) is 0 Å². The van der Waals surface area contributed by atoms with Crippen LogP contribution in [-0.4, -0.2) is 36.8 Å². The van der Waals surface area contributed by atoms with Gasteiger partial charge in [0.2, 0.25) is 0 Å². The smallest absolute Gasteiger partial charge is 0.410 e. The molecule has 0 heterocycles. The molecule has 0 aliphatic rings. The fourth-order valence-corrected chi connectivity index (χ4v) is 1.75. The van der Waals surface area contributed by atoms with E-state index in [1.807, 2.05) is 52.0 Å². The van der Waals surface area contributed by atoms with Gasteiger partial charge in [-0.25, -0.2) is 4.79 Å². The maximum Gasteiger partial charge on any atom is 0.410 e. The van der Waals surface area contributed by atoms with Gasteiger partial charge in [-0.2, -0.15) is 0 Å². The molecule has 1 aromatic carbocycles. The number of ether oxygens (including phenoxy) is 2. The van der Waals surface area contributed by atoms with Crippen molar-refractivity contribution >= 4 is 11.7 Å². The molecule has 0 N–H and O–H groups in total. The van der Waals surface area contributed by atoms with Crippen molar-refractivity contribution in [3.05, 3.63) is 36.4 Å². The fourth-order valence-electron chi connectivity index (χ4n) is 1.75. The van der Waals surface area contributed by atoms with E-state index in [0.717, 1.165) is 16.9 Å². The Morgan fingerprint density at radius 1 is 1.33 bits per heavy atom. The topological polar surface area (TPSA) is 38.8 Å². The first-order valence-corrected chi connectivity index (χ1v) is 7.08. The molecule has 0 fully saturated rings. The van der Waals surface area contributed by atoms with Crippen LogP contribution in [-0.2, 0) is 4.74 Å². The van der Waals surface area contributed by atoms with Gasteiger partial charge in [-0.05, 0) is 51.0 Å². The lowest BCUT2D eigenvalue weighted by atomic mass is 10.1. The van der Waals surface area contributed by atoms with E-state index < -0.39 is 5.60 Å². The molecule has 4 heteroatoms. The Hall–Kier alpha value is -1.97. The van der Waals surface area contributed by atoms with Crippen molar-refractivity contribution < 1.29 is 14.3 Å². The highest BCUT2D eigenvalue weighted by atomic mass is 16.6. The van der Waals surface area contributed by atoms with E-state index in [0.29, 0.717) is 13.2 Å². The standard InChI is InChI=1S/C17H25NO3/c1-7-20-15-10-8-9-14(11-15)13(2)12-18(6)16(19)21-17(3,4)5/h8-11H,2,7,12H2,1,3-6H3. The number of likely N-dealkylation sites (N-methyl/N-ethyl adjacent to an activating group) is 1. The third kappa shape index (κ3) is 5.90. The largest absolute Gasteiger partial charge is 0.494 e. The van der Waals surface area contributed by atoms with Crippen LogP contribution < -0.4 is 4.74 Å². The van der Waals surface area contributed by atoms with Crippen LogP contribution >= 0.6 is 0 Å². The lowest BCUT2D eigenvalue weighted by Crippen LogP contribution is -2.35. The molecule has 116 valence electrons. The number of hydrogen-bond acceptors (Lipinski definition) is 3. The number of benzene rings is 1. The van der Waals surface area contributed by atoms with Crippen LogP contribution in [0.2, 0.25) is 0 Å². The molecule has 0 unspecified atom stereocenters. The van der Waals surface area contributed by atoms with Crippen molar-refractivity contribution in [2.24, 2.45) is 0 Å². The second kappa shape index (κ2) is 7.16. The van der Waals surface area contributed by atoms with Gasteiger partial charge in [0.05, 0.1) is 6.61 Å². The van der Waals surface area contributed by atoms with Crippen LogP contribution in [0.5, 0.6) is 5.75 Å². The summed E-state index contributed by atoms with van der Waals surface area (Å²) in [6.07, 6.45) is -0.357. The molecule has 0 aliphatic heterocycles. The minimum atomic E-state index is -0.498. The quantitative estimate of drug-likeness (QED) is 0.824. The summed E-state index contributed by atoms with van der Waals surface area (Å²) in [6.45, 7) is 12.5. The summed E-state index contributed by atoms with van der Waals surface area (Å²) >= 11 is 0. The lowest BCUT2D eigenvalue weighted by molar-refractivity contribution is 0.0321. The second-order valence-electron chi connectivity index (χ2n) is 5.90. The van der Waals surface area contributed by atoms with E-state index in [9.17, 15) is 4.79 Å². The number of hydrogen-bond donors (Lipinski definition) is 0.